The Balaban J connectivity index is 1.78. The molecule has 31 heavy (non-hydrogen) atoms. The molecule has 184 valence electrons. The van der Waals surface area contributed by atoms with Crippen molar-refractivity contribution < 1.29 is 24.1 Å². The molecule has 1 aliphatic rings. The monoisotopic (exact) mass is 443 g/mol. The molecule has 0 radical (unpaired) electrons. The third-order valence-corrected chi connectivity index (χ3v) is 5.94. The van der Waals surface area contributed by atoms with Gasteiger partial charge in [0.25, 0.3) is 0 Å². The largest absolute Gasteiger partial charge is 0.447 e. The van der Waals surface area contributed by atoms with Crippen molar-refractivity contribution in [3.63, 3.8) is 0 Å². The van der Waals surface area contributed by atoms with Crippen molar-refractivity contribution in [1.82, 2.24) is 5.32 Å². The van der Waals surface area contributed by atoms with E-state index in [-0.39, 0.29) is 25.9 Å². The first kappa shape index (κ1) is 28.2. The molecule has 6 nitrogen and oxygen atoms in total. The normalized spacial score (nSPS) is 18.4. The van der Waals surface area contributed by atoms with Crippen LogP contribution in [-0.4, -0.2) is 56.9 Å². The van der Waals surface area contributed by atoms with E-state index in [9.17, 15) is 4.79 Å². The van der Waals surface area contributed by atoms with Crippen LogP contribution in [0.25, 0.3) is 0 Å². The Hall–Kier alpha value is -0.850. The molecular formula is C25H49NO5. The third kappa shape index (κ3) is 17.4. The first-order chi connectivity index (χ1) is 15.3. The van der Waals surface area contributed by atoms with Crippen molar-refractivity contribution in [3.05, 3.63) is 0 Å². The molecule has 1 saturated heterocycles. The van der Waals surface area contributed by atoms with Gasteiger partial charge >= 0.3 is 6.09 Å². The van der Waals surface area contributed by atoms with Gasteiger partial charge in [0, 0.05) is 19.1 Å². The predicted octanol–water partition coefficient (Wildman–Crippen LogP) is 5.61. The van der Waals surface area contributed by atoms with E-state index in [1.165, 1.54) is 83.5 Å². The van der Waals surface area contributed by atoms with Crippen molar-refractivity contribution >= 4 is 6.09 Å². The lowest BCUT2D eigenvalue weighted by atomic mass is 10.0. The van der Waals surface area contributed by atoms with Crippen LogP contribution in [0.5, 0.6) is 0 Å². The van der Waals surface area contributed by atoms with Crippen molar-refractivity contribution in [1.29, 1.82) is 0 Å². The maximum Gasteiger partial charge on any atom is 0.407 e. The van der Waals surface area contributed by atoms with Crippen LogP contribution < -0.4 is 5.32 Å². The fourth-order valence-corrected chi connectivity index (χ4v) is 4.04. The van der Waals surface area contributed by atoms with E-state index in [2.05, 4.69) is 12.2 Å². The number of hydrogen-bond acceptors (Lipinski definition) is 5. The fraction of sp³-hybridized carbons (Fsp3) is 0.960. The van der Waals surface area contributed by atoms with Crippen LogP contribution in [0.15, 0.2) is 0 Å². The highest BCUT2D eigenvalue weighted by atomic mass is 16.6. The zero-order chi connectivity index (χ0) is 22.4. The maximum atomic E-state index is 11.4. The SMILES string of the molecule is CCCCCCCCCCCCCCCCOCC1COC(COC(=O)NCCO)C1. The quantitative estimate of drug-likeness (QED) is 0.226. The first-order valence-electron chi connectivity index (χ1n) is 13.0. The number of rotatable bonds is 21. The number of aliphatic hydroxyl groups excluding tert-OH is 1. The van der Waals surface area contributed by atoms with Gasteiger partial charge in [-0.15, -0.1) is 0 Å². The van der Waals surface area contributed by atoms with Crippen molar-refractivity contribution in [3.8, 4) is 0 Å². The van der Waals surface area contributed by atoms with Crippen LogP contribution in [0, 0.1) is 5.92 Å². The number of hydrogen-bond donors (Lipinski definition) is 2. The number of carbonyl (C=O) groups excluding carboxylic acids is 1. The molecule has 0 aromatic heterocycles. The minimum absolute atomic E-state index is 0.0467. The topological polar surface area (TPSA) is 77.0 Å². The Morgan fingerprint density at radius 1 is 0.903 bits per heavy atom. The van der Waals surface area contributed by atoms with Crippen LogP contribution in [0.1, 0.15) is 103 Å². The van der Waals surface area contributed by atoms with Gasteiger partial charge in [0.15, 0.2) is 0 Å². The smallest absolute Gasteiger partial charge is 0.407 e. The lowest BCUT2D eigenvalue weighted by molar-refractivity contribution is 0.0390. The Kier molecular flexibility index (Phi) is 19.1. The number of unbranched alkanes of at least 4 members (excludes halogenated alkanes) is 13. The third-order valence-electron chi connectivity index (χ3n) is 5.94. The molecule has 1 fully saturated rings. The Morgan fingerprint density at radius 2 is 1.48 bits per heavy atom. The molecule has 1 rings (SSSR count). The molecule has 0 aliphatic carbocycles. The van der Waals surface area contributed by atoms with Crippen LogP contribution in [0.4, 0.5) is 4.79 Å². The van der Waals surface area contributed by atoms with Gasteiger partial charge in [0.05, 0.1) is 25.9 Å². The Bertz CT molecular complexity index is 407. The van der Waals surface area contributed by atoms with E-state index in [0.29, 0.717) is 12.5 Å². The first-order valence-corrected chi connectivity index (χ1v) is 13.0. The van der Waals surface area contributed by atoms with Gasteiger partial charge < -0.3 is 24.6 Å². The highest BCUT2D eigenvalue weighted by Crippen LogP contribution is 2.20. The second kappa shape index (κ2) is 21.0. The van der Waals surface area contributed by atoms with E-state index in [1.54, 1.807) is 0 Å². The summed E-state index contributed by atoms with van der Waals surface area (Å²) >= 11 is 0. The van der Waals surface area contributed by atoms with Crippen molar-refractivity contribution in [2.24, 2.45) is 5.92 Å². The lowest BCUT2D eigenvalue weighted by Crippen LogP contribution is -2.29. The predicted molar refractivity (Wildman–Crippen MR) is 125 cm³/mol. The number of nitrogens with one attached hydrogen (secondary N) is 1. The van der Waals surface area contributed by atoms with Crippen molar-refractivity contribution in [2.75, 3.05) is 39.6 Å². The average Bonchev–Trinajstić information content (AvgIpc) is 3.23. The minimum atomic E-state index is -0.504. The van der Waals surface area contributed by atoms with Crippen LogP contribution >= 0.6 is 0 Å². The second-order valence-corrected chi connectivity index (χ2v) is 8.98. The molecule has 0 aromatic carbocycles. The summed E-state index contributed by atoms with van der Waals surface area (Å²) in [5.74, 6) is 0.390. The molecule has 1 heterocycles. The van der Waals surface area contributed by atoms with Gasteiger partial charge in [-0.1, -0.05) is 90.4 Å². The second-order valence-electron chi connectivity index (χ2n) is 8.98. The summed E-state index contributed by atoms with van der Waals surface area (Å²) in [5, 5.41) is 11.1. The number of amides is 1. The van der Waals surface area contributed by atoms with Crippen LogP contribution in [-0.2, 0) is 14.2 Å². The fourth-order valence-electron chi connectivity index (χ4n) is 4.04. The Labute approximate surface area is 190 Å². The maximum absolute atomic E-state index is 11.4. The van der Waals surface area contributed by atoms with Gasteiger partial charge in [0.2, 0.25) is 0 Å². The molecule has 2 atom stereocenters. The van der Waals surface area contributed by atoms with E-state index in [4.69, 9.17) is 19.3 Å². The number of carbonyl (C=O) groups is 1. The number of alkyl carbamates (subject to hydrolysis) is 1. The molecule has 0 saturated carbocycles. The summed E-state index contributed by atoms with van der Waals surface area (Å²) in [6.45, 7) is 4.88. The highest BCUT2D eigenvalue weighted by Gasteiger charge is 2.26. The summed E-state index contributed by atoms with van der Waals surface area (Å²) in [5.41, 5.74) is 0. The molecule has 1 amide bonds. The van der Waals surface area contributed by atoms with Gasteiger partial charge in [-0.3, -0.25) is 0 Å². The summed E-state index contributed by atoms with van der Waals surface area (Å²) in [4.78, 5) is 11.4. The van der Waals surface area contributed by atoms with E-state index in [0.717, 1.165) is 26.1 Å². The van der Waals surface area contributed by atoms with E-state index in [1.807, 2.05) is 0 Å². The zero-order valence-corrected chi connectivity index (χ0v) is 20.1. The molecule has 0 aromatic rings. The lowest BCUT2D eigenvalue weighted by Gasteiger charge is -2.11. The molecule has 0 bridgehead atoms. The van der Waals surface area contributed by atoms with E-state index >= 15 is 0 Å². The molecule has 1 aliphatic heterocycles. The van der Waals surface area contributed by atoms with Crippen LogP contribution in [0.3, 0.4) is 0 Å². The highest BCUT2D eigenvalue weighted by molar-refractivity contribution is 5.67. The molecule has 2 unspecified atom stereocenters. The number of aliphatic hydroxyl groups is 1. The Morgan fingerprint density at radius 3 is 2.06 bits per heavy atom. The summed E-state index contributed by atoms with van der Waals surface area (Å²) in [7, 11) is 0. The minimum Gasteiger partial charge on any atom is -0.447 e. The van der Waals surface area contributed by atoms with Crippen LogP contribution in [0.2, 0.25) is 0 Å². The zero-order valence-electron chi connectivity index (χ0n) is 20.1. The van der Waals surface area contributed by atoms with Gasteiger partial charge in [-0.25, -0.2) is 4.79 Å². The molecule has 0 spiro atoms. The van der Waals surface area contributed by atoms with Gasteiger partial charge in [-0.2, -0.15) is 0 Å². The average molecular weight is 444 g/mol. The number of ether oxygens (including phenoxy) is 3. The molecule has 6 heteroatoms. The molecule has 2 N–H and O–H groups in total. The van der Waals surface area contributed by atoms with E-state index < -0.39 is 6.09 Å². The summed E-state index contributed by atoms with van der Waals surface area (Å²) in [6, 6.07) is 0. The molecular weight excluding hydrogens is 394 g/mol. The standard InChI is InChI=1S/C25H49NO5/c1-2-3-4-5-6-7-8-9-10-11-12-13-14-15-18-29-20-23-19-24(30-21-23)22-31-25(28)26-16-17-27/h23-24,27H,2-22H2,1H3,(H,26,28). The summed E-state index contributed by atoms with van der Waals surface area (Å²) in [6.07, 6.45) is 19.5. The van der Waals surface area contributed by atoms with Gasteiger partial charge in [-0.05, 0) is 12.8 Å². The van der Waals surface area contributed by atoms with Gasteiger partial charge in [0.1, 0.15) is 6.61 Å². The summed E-state index contributed by atoms with van der Waals surface area (Å²) < 4.78 is 16.6. The van der Waals surface area contributed by atoms with Crippen molar-refractivity contribution in [2.45, 2.75) is 109 Å².